The molecule has 0 spiro atoms. The van der Waals surface area contributed by atoms with Crippen LogP contribution >= 0.6 is 0 Å². The van der Waals surface area contributed by atoms with Crippen LogP contribution in [0.3, 0.4) is 0 Å². The molecule has 18 heavy (non-hydrogen) atoms. The summed E-state index contributed by atoms with van der Waals surface area (Å²) < 4.78 is 0. The molecule has 0 saturated heterocycles. The molecule has 1 heterocycles. The highest BCUT2D eigenvalue weighted by atomic mass is 16.2. The minimum atomic E-state index is -1.70. The first-order chi connectivity index (χ1) is 8.20. The summed E-state index contributed by atoms with van der Waals surface area (Å²) in [6.45, 7) is 5.03. The number of ketones is 1. The fraction of sp³-hybridized carbons (Fsp3) is 0.583. The Balaban J connectivity index is 2.60. The van der Waals surface area contributed by atoms with Crippen LogP contribution < -0.4 is 5.73 Å². The molecule has 1 saturated carbocycles. The quantitative estimate of drug-likeness (QED) is 0.703. The summed E-state index contributed by atoms with van der Waals surface area (Å²) in [5.74, 6) is -2.28. The van der Waals surface area contributed by atoms with Crippen molar-refractivity contribution in [3.63, 3.8) is 0 Å². The molecule has 1 aliphatic carbocycles. The second-order valence-corrected chi connectivity index (χ2v) is 5.69. The number of nitrogens with zero attached hydrogens (tertiary/aromatic N) is 3. The molecule has 2 aliphatic rings. The maximum atomic E-state index is 12.3. The molecule has 2 N–H and O–H groups in total. The summed E-state index contributed by atoms with van der Waals surface area (Å²) in [6.07, 6.45) is 0. The van der Waals surface area contributed by atoms with Crippen molar-refractivity contribution >= 4 is 17.5 Å². The SMILES string of the molecule is CC(C)(C)C(=O)[C@H]1[C@]2(C#N)C(=O)N=C(N)[C@]12C#N. The van der Waals surface area contributed by atoms with E-state index in [9.17, 15) is 20.1 Å². The van der Waals surface area contributed by atoms with Gasteiger partial charge < -0.3 is 5.73 Å². The smallest absolute Gasteiger partial charge is 0.270 e. The molecule has 0 aromatic rings. The maximum absolute atomic E-state index is 12.3. The lowest BCUT2D eigenvalue weighted by Gasteiger charge is -2.18. The van der Waals surface area contributed by atoms with Crippen molar-refractivity contribution < 1.29 is 9.59 Å². The van der Waals surface area contributed by atoms with Gasteiger partial charge in [0.05, 0.1) is 18.1 Å². The lowest BCUT2D eigenvalue weighted by Crippen LogP contribution is -2.31. The average Bonchev–Trinajstić information content (AvgIpc) is 2.83. The lowest BCUT2D eigenvalue weighted by molar-refractivity contribution is -0.131. The molecule has 0 aromatic carbocycles. The van der Waals surface area contributed by atoms with E-state index in [1.165, 1.54) is 0 Å². The van der Waals surface area contributed by atoms with E-state index in [1.54, 1.807) is 26.8 Å². The topological polar surface area (TPSA) is 120 Å². The summed E-state index contributed by atoms with van der Waals surface area (Å²) >= 11 is 0. The largest absolute Gasteiger partial charge is 0.386 e. The van der Waals surface area contributed by atoms with Crippen LogP contribution in [0.15, 0.2) is 4.99 Å². The van der Waals surface area contributed by atoms with Gasteiger partial charge in [-0.1, -0.05) is 20.8 Å². The summed E-state index contributed by atoms with van der Waals surface area (Å²) in [7, 11) is 0. The van der Waals surface area contributed by atoms with Crippen LogP contribution in [0.25, 0.3) is 0 Å². The van der Waals surface area contributed by atoms with Crippen LogP contribution in [0.1, 0.15) is 20.8 Å². The number of hydrogen-bond acceptors (Lipinski definition) is 5. The van der Waals surface area contributed by atoms with Gasteiger partial charge in [0.1, 0.15) is 11.6 Å². The Hall–Kier alpha value is -2.21. The van der Waals surface area contributed by atoms with E-state index in [1.807, 2.05) is 6.07 Å². The number of nitriles is 2. The Morgan fingerprint density at radius 3 is 2.17 bits per heavy atom. The number of carbonyl (C=O) groups excluding carboxylic acids is 2. The van der Waals surface area contributed by atoms with Gasteiger partial charge in [-0.3, -0.25) is 9.59 Å². The second kappa shape index (κ2) is 2.97. The zero-order chi connectivity index (χ0) is 13.9. The first-order valence-corrected chi connectivity index (χ1v) is 5.46. The van der Waals surface area contributed by atoms with Crippen LogP contribution in [0, 0.1) is 44.8 Å². The molecule has 1 aliphatic heterocycles. The molecular weight excluding hydrogens is 232 g/mol. The molecular formula is C12H12N4O2. The van der Waals surface area contributed by atoms with E-state index in [4.69, 9.17) is 5.73 Å². The maximum Gasteiger partial charge on any atom is 0.270 e. The minimum Gasteiger partial charge on any atom is -0.386 e. The standard InChI is InChI=1S/C12H12N4O2/c1-10(2,3)7(17)6-11(4-13)8(15)16-9(18)12(6,11)5-14/h6H,1-3H3,(H2,15,16,18)/t6-,11+,12-/m1/s1. The van der Waals surface area contributed by atoms with E-state index < -0.39 is 28.1 Å². The van der Waals surface area contributed by atoms with Crippen LogP contribution in [0.5, 0.6) is 0 Å². The fourth-order valence-corrected chi connectivity index (χ4v) is 2.64. The van der Waals surface area contributed by atoms with Crippen molar-refractivity contribution in [3.05, 3.63) is 0 Å². The van der Waals surface area contributed by atoms with E-state index in [-0.39, 0.29) is 11.6 Å². The Morgan fingerprint density at radius 2 is 1.83 bits per heavy atom. The molecule has 2 rings (SSSR count). The Bertz CT molecular complexity index is 587. The molecule has 0 bridgehead atoms. The summed E-state index contributed by atoms with van der Waals surface area (Å²) in [6, 6.07) is 3.67. The first kappa shape index (κ1) is 12.3. The fourth-order valence-electron chi connectivity index (χ4n) is 2.64. The molecule has 0 radical (unpaired) electrons. The molecule has 0 aromatic heterocycles. The number of hydrogen-bond donors (Lipinski definition) is 1. The number of rotatable bonds is 1. The van der Waals surface area contributed by atoms with Gasteiger partial charge in [0, 0.05) is 5.41 Å². The third kappa shape index (κ3) is 0.948. The molecule has 1 amide bonds. The molecule has 6 heteroatoms. The molecule has 92 valence electrons. The van der Waals surface area contributed by atoms with Gasteiger partial charge in [-0.25, -0.2) is 0 Å². The van der Waals surface area contributed by atoms with Gasteiger partial charge in [0.2, 0.25) is 0 Å². The predicted molar refractivity (Wildman–Crippen MR) is 60.7 cm³/mol. The van der Waals surface area contributed by atoms with E-state index in [2.05, 4.69) is 4.99 Å². The van der Waals surface area contributed by atoms with Gasteiger partial charge in [0.25, 0.3) is 5.91 Å². The second-order valence-electron chi connectivity index (χ2n) is 5.69. The molecule has 0 unspecified atom stereocenters. The molecule has 3 atom stereocenters. The van der Waals surface area contributed by atoms with Crippen LogP contribution in [-0.2, 0) is 9.59 Å². The normalized spacial score (nSPS) is 37.3. The van der Waals surface area contributed by atoms with Crippen molar-refractivity contribution in [1.29, 1.82) is 10.5 Å². The number of aliphatic imine (C=N–C) groups is 1. The summed E-state index contributed by atoms with van der Waals surface area (Å²) in [5, 5.41) is 18.5. The third-order valence-corrected chi connectivity index (χ3v) is 3.72. The first-order valence-electron chi connectivity index (χ1n) is 5.46. The number of carbonyl (C=O) groups is 2. The highest BCUT2D eigenvalue weighted by Gasteiger charge is 2.90. The highest BCUT2D eigenvalue weighted by Crippen LogP contribution is 2.73. The van der Waals surface area contributed by atoms with Crippen LogP contribution in [-0.4, -0.2) is 17.5 Å². The molecule has 6 nitrogen and oxygen atoms in total. The number of amides is 1. The van der Waals surface area contributed by atoms with E-state index >= 15 is 0 Å². The van der Waals surface area contributed by atoms with Crippen molar-refractivity contribution in [2.24, 2.45) is 32.9 Å². The van der Waals surface area contributed by atoms with Crippen LogP contribution in [0.4, 0.5) is 0 Å². The molecule has 1 fully saturated rings. The van der Waals surface area contributed by atoms with Gasteiger partial charge in [0.15, 0.2) is 10.8 Å². The Kier molecular flexibility index (Phi) is 2.02. The van der Waals surface area contributed by atoms with Crippen molar-refractivity contribution in [3.8, 4) is 12.1 Å². The lowest BCUT2D eigenvalue weighted by atomic mass is 9.84. The number of Topliss-reactive ketones (excluding diaryl/α,β-unsaturated/α-hetero) is 1. The highest BCUT2D eigenvalue weighted by molar-refractivity contribution is 6.22. The minimum absolute atomic E-state index is 0.209. The number of fused-ring (bicyclic) bond motifs is 1. The van der Waals surface area contributed by atoms with Gasteiger partial charge in [-0.2, -0.15) is 15.5 Å². The zero-order valence-corrected chi connectivity index (χ0v) is 10.3. The monoisotopic (exact) mass is 244 g/mol. The van der Waals surface area contributed by atoms with E-state index in [0.717, 1.165) is 0 Å². The predicted octanol–water partition coefficient (Wildman–Crippen LogP) is 0.149. The summed E-state index contributed by atoms with van der Waals surface area (Å²) in [5.41, 5.74) is 1.59. The number of amidine groups is 1. The van der Waals surface area contributed by atoms with Crippen molar-refractivity contribution in [1.82, 2.24) is 0 Å². The van der Waals surface area contributed by atoms with Crippen molar-refractivity contribution in [2.45, 2.75) is 20.8 Å². The Labute approximate surface area is 104 Å². The third-order valence-electron chi connectivity index (χ3n) is 3.72. The van der Waals surface area contributed by atoms with Gasteiger partial charge >= 0.3 is 0 Å². The van der Waals surface area contributed by atoms with Crippen molar-refractivity contribution in [2.75, 3.05) is 0 Å². The van der Waals surface area contributed by atoms with Gasteiger partial charge in [-0.15, -0.1) is 0 Å². The van der Waals surface area contributed by atoms with Crippen LogP contribution in [0.2, 0.25) is 0 Å². The average molecular weight is 244 g/mol. The van der Waals surface area contributed by atoms with Gasteiger partial charge in [-0.05, 0) is 0 Å². The van der Waals surface area contributed by atoms with E-state index in [0.29, 0.717) is 0 Å². The zero-order valence-electron chi connectivity index (χ0n) is 10.3. The Morgan fingerprint density at radius 1 is 1.33 bits per heavy atom. The summed E-state index contributed by atoms with van der Waals surface area (Å²) in [4.78, 5) is 27.6. The number of nitrogens with two attached hydrogens (primary N) is 1.